The summed E-state index contributed by atoms with van der Waals surface area (Å²) in [5.41, 5.74) is 0.727. The Morgan fingerprint density at radius 1 is 0.897 bits per heavy atom. The van der Waals surface area contributed by atoms with Crippen molar-refractivity contribution in [3.05, 3.63) is 96.3 Å². The van der Waals surface area contributed by atoms with E-state index in [-0.39, 0.29) is 29.0 Å². The zero-order valence-corrected chi connectivity index (χ0v) is 23.4. The molecule has 0 fully saturated rings. The van der Waals surface area contributed by atoms with Gasteiger partial charge < -0.3 is 10.2 Å². The number of benzene rings is 3. The van der Waals surface area contributed by atoms with Gasteiger partial charge >= 0.3 is 0 Å². The predicted molar refractivity (Wildman–Crippen MR) is 151 cm³/mol. The van der Waals surface area contributed by atoms with E-state index < -0.39 is 34.3 Å². The molecule has 0 heterocycles. The lowest BCUT2D eigenvalue weighted by molar-refractivity contribution is -0.139. The number of carbonyl (C=O) groups excluding carboxylic acids is 2. The first kappa shape index (κ1) is 29.8. The van der Waals surface area contributed by atoms with E-state index in [1.807, 2.05) is 44.2 Å². The first-order valence-corrected chi connectivity index (χ1v) is 14.5. The first-order valence-electron chi connectivity index (χ1n) is 13.1. The average Bonchev–Trinajstić information content (AvgIpc) is 2.94. The van der Waals surface area contributed by atoms with Gasteiger partial charge in [0.25, 0.3) is 10.0 Å². The van der Waals surface area contributed by atoms with E-state index in [9.17, 15) is 22.4 Å². The summed E-state index contributed by atoms with van der Waals surface area (Å²) in [5.74, 6) is -1.47. The van der Waals surface area contributed by atoms with Gasteiger partial charge in [0.2, 0.25) is 11.8 Å². The molecule has 9 heteroatoms. The summed E-state index contributed by atoms with van der Waals surface area (Å²) in [6.07, 6.45) is 0.793. The van der Waals surface area contributed by atoms with Crippen LogP contribution >= 0.6 is 0 Å². The van der Waals surface area contributed by atoms with Gasteiger partial charge in [-0.2, -0.15) is 0 Å². The van der Waals surface area contributed by atoms with Gasteiger partial charge in [0, 0.05) is 13.1 Å². The van der Waals surface area contributed by atoms with Gasteiger partial charge in [-0.25, -0.2) is 12.8 Å². The molecule has 208 valence electrons. The monoisotopic (exact) mass is 553 g/mol. The fourth-order valence-corrected chi connectivity index (χ4v) is 5.65. The third-order valence-electron chi connectivity index (χ3n) is 6.29. The molecule has 0 aliphatic heterocycles. The molecule has 3 rings (SSSR count). The van der Waals surface area contributed by atoms with E-state index in [0.717, 1.165) is 15.9 Å². The number of hydrogen-bond donors (Lipinski definition) is 1. The Labute approximate surface area is 230 Å². The van der Waals surface area contributed by atoms with Crippen molar-refractivity contribution < 1.29 is 22.4 Å². The minimum Gasteiger partial charge on any atom is -0.354 e. The van der Waals surface area contributed by atoms with Crippen molar-refractivity contribution >= 4 is 27.5 Å². The lowest BCUT2D eigenvalue weighted by atomic mass is 10.1. The highest BCUT2D eigenvalue weighted by molar-refractivity contribution is 7.92. The quantitative estimate of drug-likeness (QED) is 0.334. The Bertz CT molecular complexity index is 1330. The third kappa shape index (κ3) is 7.89. The van der Waals surface area contributed by atoms with E-state index in [4.69, 9.17) is 0 Å². The lowest BCUT2D eigenvalue weighted by Gasteiger charge is -2.33. The summed E-state index contributed by atoms with van der Waals surface area (Å²) < 4.78 is 43.1. The molecule has 0 saturated carbocycles. The first-order chi connectivity index (χ1) is 18.6. The van der Waals surface area contributed by atoms with Gasteiger partial charge in [-0.3, -0.25) is 13.9 Å². The second-order valence-corrected chi connectivity index (χ2v) is 11.5. The van der Waals surface area contributed by atoms with Gasteiger partial charge in [0.1, 0.15) is 18.4 Å². The largest absolute Gasteiger partial charge is 0.354 e. The van der Waals surface area contributed by atoms with Gasteiger partial charge in [-0.1, -0.05) is 81.4 Å². The fraction of sp³-hybridized carbons (Fsp3) is 0.333. The number of amides is 2. The Morgan fingerprint density at radius 2 is 1.49 bits per heavy atom. The molecule has 3 aromatic carbocycles. The number of nitrogens with one attached hydrogen (secondary N) is 1. The minimum absolute atomic E-state index is 0.0707. The van der Waals surface area contributed by atoms with Crippen LogP contribution < -0.4 is 9.62 Å². The van der Waals surface area contributed by atoms with Crippen molar-refractivity contribution in [2.45, 2.75) is 44.6 Å². The molecule has 39 heavy (non-hydrogen) atoms. The van der Waals surface area contributed by atoms with Crippen LogP contribution in [0.1, 0.15) is 32.8 Å². The minimum atomic E-state index is -4.30. The van der Waals surface area contributed by atoms with Gasteiger partial charge in [0.15, 0.2) is 0 Å². The van der Waals surface area contributed by atoms with E-state index in [2.05, 4.69) is 5.32 Å². The van der Waals surface area contributed by atoms with Gasteiger partial charge in [-0.15, -0.1) is 0 Å². The smallest absolute Gasteiger partial charge is 0.264 e. The Hall–Kier alpha value is -3.72. The van der Waals surface area contributed by atoms with Crippen molar-refractivity contribution in [2.75, 3.05) is 23.9 Å². The molecule has 7 nitrogen and oxygen atoms in total. The van der Waals surface area contributed by atoms with Crippen LogP contribution in [-0.2, 0) is 26.0 Å². The zero-order valence-electron chi connectivity index (χ0n) is 22.6. The number of carbonyl (C=O) groups is 2. The van der Waals surface area contributed by atoms with Crippen molar-refractivity contribution in [2.24, 2.45) is 5.92 Å². The number of sulfonamides is 1. The summed E-state index contributed by atoms with van der Waals surface area (Å²) >= 11 is 0. The number of halogens is 1. The number of hydrogen-bond acceptors (Lipinski definition) is 4. The molecule has 3 aromatic rings. The van der Waals surface area contributed by atoms with Crippen LogP contribution in [0.15, 0.2) is 89.8 Å². The maximum absolute atomic E-state index is 14.9. The van der Waals surface area contributed by atoms with Crippen LogP contribution in [0.2, 0.25) is 0 Å². The maximum atomic E-state index is 14.9. The van der Waals surface area contributed by atoms with Crippen LogP contribution in [0.25, 0.3) is 0 Å². The van der Waals surface area contributed by atoms with Crippen molar-refractivity contribution in [1.29, 1.82) is 0 Å². The van der Waals surface area contributed by atoms with Crippen LogP contribution in [0.5, 0.6) is 0 Å². The van der Waals surface area contributed by atoms with E-state index in [1.54, 1.807) is 25.1 Å². The summed E-state index contributed by atoms with van der Waals surface area (Å²) in [4.78, 5) is 28.4. The van der Waals surface area contributed by atoms with Crippen LogP contribution in [-0.4, -0.2) is 50.8 Å². The topological polar surface area (TPSA) is 86.8 Å². The normalized spacial score (nSPS) is 12.1. The molecule has 0 unspecified atom stereocenters. The van der Waals surface area contributed by atoms with E-state index in [0.29, 0.717) is 19.4 Å². The Kier molecular flexibility index (Phi) is 10.6. The van der Waals surface area contributed by atoms with E-state index in [1.165, 1.54) is 35.2 Å². The predicted octanol–water partition coefficient (Wildman–Crippen LogP) is 4.64. The second kappa shape index (κ2) is 13.9. The standard InChI is InChI=1S/C30H36FN3O4S/c1-4-27(30(36)32-21-23(2)3)33(20-19-24-13-7-5-8-14-24)29(35)22-34(28-18-12-11-17-26(28)31)39(37,38)25-15-9-6-10-16-25/h5-18,23,27H,4,19-22H2,1-3H3,(H,32,36)/t27-/m1/s1. The Morgan fingerprint density at radius 3 is 2.08 bits per heavy atom. The molecule has 0 aromatic heterocycles. The highest BCUT2D eigenvalue weighted by Crippen LogP contribution is 2.26. The molecule has 0 spiro atoms. The summed E-state index contributed by atoms with van der Waals surface area (Å²) in [6, 6.07) is 21.7. The van der Waals surface area contributed by atoms with Crippen molar-refractivity contribution in [1.82, 2.24) is 10.2 Å². The number of para-hydroxylation sites is 1. The second-order valence-electron chi connectivity index (χ2n) is 9.66. The lowest BCUT2D eigenvalue weighted by Crippen LogP contribution is -2.53. The molecule has 2 amide bonds. The van der Waals surface area contributed by atoms with Crippen molar-refractivity contribution in [3.8, 4) is 0 Å². The van der Waals surface area contributed by atoms with Gasteiger partial charge in [0.05, 0.1) is 10.6 Å². The third-order valence-corrected chi connectivity index (χ3v) is 8.06. The summed E-state index contributed by atoms with van der Waals surface area (Å²) in [5, 5.41) is 2.89. The van der Waals surface area contributed by atoms with Crippen LogP contribution in [0.3, 0.4) is 0 Å². The molecule has 0 aliphatic rings. The molecular formula is C30H36FN3O4S. The molecular weight excluding hydrogens is 517 g/mol. The molecule has 0 aliphatic carbocycles. The highest BCUT2D eigenvalue weighted by atomic mass is 32.2. The van der Waals surface area contributed by atoms with E-state index >= 15 is 0 Å². The Balaban J connectivity index is 1.99. The molecule has 1 N–H and O–H groups in total. The zero-order chi connectivity index (χ0) is 28.4. The molecule has 1 atom stereocenters. The summed E-state index contributed by atoms with van der Waals surface area (Å²) in [6.45, 7) is 5.71. The highest BCUT2D eigenvalue weighted by Gasteiger charge is 2.34. The summed E-state index contributed by atoms with van der Waals surface area (Å²) in [7, 11) is -4.30. The number of rotatable bonds is 13. The maximum Gasteiger partial charge on any atom is 0.264 e. The van der Waals surface area contributed by atoms with Gasteiger partial charge in [-0.05, 0) is 48.6 Å². The number of anilines is 1. The van der Waals surface area contributed by atoms with Crippen LogP contribution in [0, 0.1) is 11.7 Å². The van der Waals surface area contributed by atoms with Crippen LogP contribution in [0.4, 0.5) is 10.1 Å². The number of nitrogens with zero attached hydrogens (tertiary/aromatic N) is 2. The molecule has 0 saturated heterocycles. The molecule has 0 radical (unpaired) electrons. The average molecular weight is 554 g/mol. The molecule has 0 bridgehead atoms. The SMILES string of the molecule is CC[C@H](C(=O)NCC(C)C)N(CCc1ccccc1)C(=O)CN(c1ccccc1F)S(=O)(=O)c1ccccc1. The van der Waals surface area contributed by atoms with Crippen molar-refractivity contribution in [3.63, 3.8) is 0 Å². The fourth-order valence-electron chi connectivity index (χ4n) is 4.21.